The van der Waals surface area contributed by atoms with Gasteiger partial charge in [-0.3, -0.25) is 9.78 Å². The number of halogens is 1. The molecule has 1 aromatic heterocycles. The van der Waals surface area contributed by atoms with Gasteiger partial charge in [-0.1, -0.05) is 11.6 Å². The zero-order valence-corrected chi connectivity index (χ0v) is 21.5. The molecule has 0 aliphatic carbocycles. The Balaban J connectivity index is 1.68. The summed E-state index contributed by atoms with van der Waals surface area (Å²) in [6, 6.07) is 7.61. The zero-order valence-electron chi connectivity index (χ0n) is 20.8. The Morgan fingerprint density at radius 1 is 1.18 bits per heavy atom. The maximum absolute atomic E-state index is 13.0. The number of amides is 1. The summed E-state index contributed by atoms with van der Waals surface area (Å²) in [6.45, 7) is 8.61. The average Bonchev–Trinajstić information content (AvgIpc) is 2.78. The van der Waals surface area contributed by atoms with Gasteiger partial charge in [0.15, 0.2) is 0 Å². The first-order valence-electron chi connectivity index (χ1n) is 11.9. The van der Waals surface area contributed by atoms with Crippen LogP contribution in [0, 0.1) is 5.41 Å². The van der Waals surface area contributed by atoms with Crippen LogP contribution in [0.25, 0.3) is 10.9 Å². The Bertz CT molecular complexity index is 1030. The number of carbonyl (C=O) groups is 2. The van der Waals surface area contributed by atoms with Crippen LogP contribution in [-0.2, 0) is 20.7 Å². The van der Waals surface area contributed by atoms with Gasteiger partial charge in [-0.15, -0.1) is 0 Å². The summed E-state index contributed by atoms with van der Waals surface area (Å²) in [4.78, 5) is 31.8. The van der Waals surface area contributed by atoms with Crippen LogP contribution in [0.4, 0.5) is 4.79 Å². The minimum Gasteiger partial charge on any atom is -0.497 e. The van der Waals surface area contributed by atoms with Crippen molar-refractivity contribution in [3.63, 3.8) is 0 Å². The van der Waals surface area contributed by atoms with Gasteiger partial charge >= 0.3 is 12.1 Å². The highest BCUT2D eigenvalue weighted by Gasteiger charge is 2.43. The van der Waals surface area contributed by atoms with Crippen LogP contribution in [0.1, 0.15) is 59.1 Å². The Labute approximate surface area is 206 Å². The molecule has 1 saturated heterocycles. The minimum atomic E-state index is -0.620. The molecule has 1 fully saturated rings. The number of esters is 1. The summed E-state index contributed by atoms with van der Waals surface area (Å²) < 4.78 is 16.2. The van der Waals surface area contributed by atoms with E-state index in [1.54, 1.807) is 12.0 Å². The quantitative estimate of drug-likeness (QED) is 0.456. The van der Waals surface area contributed by atoms with Crippen molar-refractivity contribution in [3.8, 4) is 5.75 Å². The smallest absolute Gasteiger partial charge is 0.410 e. The Hall–Kier alpha value is -2.54. The number of hydrogen-bond acceptors (Lipinski definition) is 6. The topological polar surface area (TPSA) is 78.0 Å². The van der Waals surface area contributed by atoms with E-state index in [1.165, 1.54) is 0 Å². The second-order valence-electron chi connectivity index (χ2n) is 9.80. The number of methoxy groups -OCH3 is 1. The third-order valence-electron chi connectivity index (χ3n) is 6.20. The van der Waals surface area contributed by atoms with Gasteiger partial charge in [0, 0.05) is 18.5 Å². The molecule has 3 rings (SSSR count). The fourth-order valence-corrected chi connectivity index (χ4v) is 4.60. The van der Waals surface area contributed by atoms with E-state index in [9.17, 15) is 9.59 Å². The molecule has 0 N–H and O–H groups in total. The molecule has 1 aliphatic rings. The number of rotatable bonds is 7. The summed E-state index contributed by atoms with van der Waals surface area (Å²) in [5, 5.41) is 1.52. The van der Waals surface area contributed by atoms with Gasteiger partial charge in [-0.25, -0.2) is 4.79 Å². The monoisotopic (exact) mass is 490 g/mol. The number of piperidine rings is 1. The third-order valence-corrected chi connectivity index (χ3v) is 6.52. The molecule has 0 atom stereocenters. The molecule has 0 radical (unpaired) electrons. The van der Waals surface area contributed by atoms with Crippen molar-refractivity contribution < 1.29 is 23.8 Å². The van der Waals surface area contributed by atoms with Gasteiger partial charge in [0.25, 0.3) is 0 Å². The molecule has 2 heterocycles. The van der Waals surface area contributed by atoms with Gasteiger partial charge < -0.3 is 19.1 Å². The number of ether oxygens (including phenoxy) is 3. The van der Waals surface area contributed by atoms with Crippen LogP contribution in [0.3, 0.4) is 0 Å². The fraction of sp³-hybridized carbons (Fsp3) is 0.577. The van der Waals surface area contributed by atoms with Crippen molar-refractivity contribution >= 4 is 34.6 Å². The molecule has 8 heteroatoms. The van der Waals surface area contributed by atoms with Gasteiger partial charge in [0.05, 0.1) is 35.4 Å². The third kappa shape index (κ3) is 6.32. The van der Waals surface area contributed by atoms with Crippen molar-refractivity contribution in [2.24, 2.45) is 5.41 Å². The number of hydrogen-bond donors (Lipinski definition) is 0. The number of benzene rings is 1. The predicted molar refractivity (Wildman–Crippen MR) is 132 cm³/mol. The number of carbonyl (C=O) groups excluding carboxylic acids is 2. The second-order valence-corrected chi connectivity index (χ2v) is 10.2. The molecular weight excluding hydrogens is 456 g/mol. The fourth-order valence-electron chi connectivity index (χ4n) is 4.35. The molecule has 34 heavy (non-hydrogen) atoms. The predicted octanol–water partition coefficient (Wildman–Crippen LogP) is 5.80. The van der Waals surface area contributed by atoms with Crippen LogP contribution in [-0.4, -0.2) is 54.4 Å². The number of likely N-dealkylation sites (tertiary alicyclic amines) is 1. The maximum atomic E-state index is 13.0. The molecular formula is C26H35ClN2O5. The number of nitrogens with zero attached hydrogens (tertiary/aromatic N) is 2. The molecule has 0 bridgehead atoms. The first-order valence-corrected chi connectivity index (χ1v) is 12.2. The second kappa shape index (κ2) is 10.8. The van der Waals surface area contributed by atoms with E-state index in [-0.39, 0.29) is 12.1 Å². The lowest BCUT2D eigenvalue weighted by atomic mass is 9.74. The molecule has 0 saturated carbocycles. The normalized spacial score (nSPS) is 15.8. The Morgan fingerprint density at radius 3 is 2.50 bits per heavy atom. The van der Waals surface area contributed by atoms with Crippen LogP contribution in [0.2, 0.25) is 5.02 Å². The van der Waals surface area contributed by atoms with Crippen molar-refractivity contribution in [1.29, 1.82) is 0 Å². The minimum absolute atomic E-state index is 0.191. The molecule has 1 aliphatic heterocycles. The standard InChI is InChI=1S/C26H35ClN2O5/c1-6-33-23(30)26(12-14-29(15-13-26)24(31)34-25(2,3)4)11-7-8-22-20(27)17-18-16-19(32-5)9-10-21(18)28-22/h9-10,16-17H,6-8,11-15H2,1-5H3. The maximum Gasteiger partial charge on any atom is 0.410 e. The van der Waals surface area contributed by atoms with Crippen LogP contribution in [0.5, 0.6) is 5.75 Å². The molecule has 186 valence electrons. The molecule has 0 spiro atoms. The average molecular weight is 491 g/mol. The number of pyridine rings is 1. The number of aryl methyl sites for hydroxylation is 1. The molecule has 1 aromatic carbocycles. The van der Waals surface area contributed by atoms with E-state index in [4.69, 9.17) is 30.8 Å². The zero-order chi connectivity index (χ0) is 24.9. The van der Waals surface area contributed by atoms with Crippen LogP contribution in [0.15, 0.2) is 24.3 Å². The van der Waals surface area contributed by atoms with Gasteiger partial charge in [-0.2, -0.15) is 0 Å². The summed E-state index contributed by atoms with van der Waals surface area (Å²) in [7, 11) is 1.63. The first kappa shape index (κ1) is 26.1. The van der Waals surface area contributed by atoms with Crippen molar-refractivity contribution in [2.75, 3.05) is 26.8 Å². The molecule has 0 unspecified atom stereocenters. The van der Waals surface area contributed by atoms with E-state index in [0.29, 0.717) is 50.4 Å². The Morgan fingerprint density at radius 2 is 1.88 bits per heavy atom. The van der Waals surface area contributed by atoms with Gasteiger partial charge in [0.1, 0.15) is 11.4 Å². The van der Waals surface area contributed by atoms with Crippen LogP contribution < -0.4 is 4.74 Å². The van der Waals surface area contributed by atoms with E-state index in [2.05, 4.69) is 0 Å². The van der Waals surface area contributed by atoms with Crippen LogP contribution >= 0.6 is 11.6 Å². The Kier molecular flexibility index (Phi) is 8.29. The first-order chi connectivity index (χ1) is 16.1. The van der Waals surface area contributed by atoms with Crippen molar-refractivity contribution in [2.45, 2.75) is 65.4 Å². The van der Waals surface area contributed by atoms with Gasteiger partial charge in [0.2, 0.25) is 0 Å². The van der Waals surface area contributed by atoms with Crippen molar-refractivity contribution in [1.82, 2.24) is 9.88 Å². The molecule has 1 amide bonds. The summed E-state index contributed by atoms with van der Waals surface area (Å²) in [6.07, 6.45) is 2.78. The highest BCUT2D eigenvalue weighted by molar-refractivity contribution is 6.31. The summed E-state index contributed by atoms with van der Waals surface area (Å²) >= 11 is 6.52. The summed E-state index contributed by atoms with van der Waals surface area (Å²) in [5.74, 6) is 0.565. The van der Waals surface area contributed by atoms with Gasteiger partial charge in [-0.05, 0) is 84.1 Å². The molecule has 7 nitrogen and oxygen atoms in total. The lowest BCUT2D eigenvalue weighted by molar-refractivity contribution is -0.159. The highest BCUT2D eigenvalue weighted by Crippen LogP contribution is 2.39. The lowest BCUT2D eigenvalue weighted by Crippen LogP contribution is -2.48. The SMILES string of the molecule is CCOC(=O)C1(CCCc2nc3ccc(OC)cc3cc2Cl)CCN(C(=O)OC(C)(C)C)CC1. The number of fused-ring (bicyclic) bond motifs is 1. The summed E-state index contributed by atoms with van der Waals surface area (Å²) in [5.41, 5.74) is 0.491. The van der Waals surface area contributed by atoms with E-state index < -0.39 is 11.0 Å². The van der Waals surface area contributed by atoms with E-state index in [1.807, 2.05) is 52.0 Å². The number of aromatic nitrogens is 1. The molecule has 2 aromatic rings. The van der Waals surface area contributed by atoms with Crippen molar-refractivity contribution in [3.05, 3.63) is 35.0 Å². The van der Waals surface area contributed by atoms with E-state index >= 15 is 0 Å². The van der Waals surface area contributed by atoms with E-state index in [0.717, 1.165) is 28.8 Å². The highest BCUT2D eigenvalue weighted by atomic mass is 35.5. The lowest BCUT2D eigenvalue weighted by Gasteiger charge is -2.40. The largest absolute Gasteiger partial charge is 0.497 e.